The number of hydrogen-bond acceptors (Lipinski definition) is 9. The van der Waals surface area contributed by atoms with Gasteiger partial charge in [0.1, 0.15) is 17.9 Å². The van der Waals surface area contributed by atoms with E-state index in [1.54, 1.807) is 42.1 Å². The molecule has 12 heteroatoms. The summed E-state index contributed by atoms with van der Waals surface area (Å²) in [6.45, 7) is 3.87. The second kappa shape index (κ2) is 10.9. The summed E-state index contributed by atoms with van der Waals surface area (Å²) >= 11 is 0. The lowest BCUT2D eigenvalue weighted by atomic mass is 9.96. The summed E-state index contributed by atoms with van der Waals surface area (Å²) in [6, 6.07) is 8.00. The summed E-state index contributed by atoms with van der Waals surface area (Å²) in [5.74, 6) is 0.292. The van der Waals surface area contributed by atoms with E-state index in [1.807, 2.05) is 13.0 Å². The zero-order valence-electron chi connectivity index (χ0n) is 19.1. The second-order valence-corrected chi connectivity index (χ2v) is 9.52. The summed E-state index contributed by atoms with van der Waals surface area (Å²) in [4.78, 5) is 32.0. The van der Waals surface area contributed by atoms with E-state index in [2.05, 4.69) is 15.0 Å². The summed E-state index contributed by atoms with van der Waals surface area (Å²) in [5.41, 5.74) is 6.94. The van der Waals surface area contributed by atoms with E-state index >= 15 is 0 Å². The lowest BCUT2D eigenvalue weighted by Crippen LogP contribution is -2.40. The minimum atomic E-state index is -2.22. The predicted molar refractivity (Wildman–Crippen MR) is 125 cm³/mol. The fourth-order valence-electron chi connectivity index (χ4n) is 3.36. The summed E-state index contributed by atoms with van der Waals surface area (Å²) < 4.78 is 26.3. The number of hydroxylamine groups is 1. The van der Waals surface area contributed by atoms with Gasteiger partial charge in [0.15, 0.2) is 23.3 Å². The zero-order valence-corrected chi connectivity index (χ0v) is 20.0. The summed E-state index contributed by atoms with van der Waals surface area (Å²) in [5, 5.41) is 0. The molecule has 0 amide bonds. The Morgan fingerprint density at radius 1 is 1.24 bits per heavy atom. The van der Waals surface area contributed by atoms with Gasteiger partial charge in [0.25, 0.3) is 6.35 Å². The molecule has 1 fully saturated rings. The minimum absolute atomic E-state index is 0.0782. The number of imidazole rings is 1. The molecule has 0 spiro atoms. The molecule has 180 valence electrons. The molecule has 0 aliphatic heterocycles. The van der Waals surface area contributed by atoms with Gasteiger partial charge in [-0.05, 0) is 49.8 Å². The Morgan fingerprint density at radius 3 is 2.71 bits per heavy atom. The fourth-order valence-corrected chi connectivity index (χ4v) is 4.52. The van der Waals surface area contributed by atoms with Crippen molar-refractivity contribution in [1.82, 2.24) is 24.4 Å². The molecule has 1 saturated carbocycles. The Morgan fingerprint density at radius 2 is 2.00 bits per heavy atom. The van der Waals surface area contributed by atoms with Gasteiger partial charge in [0.2, 0.25) is 0 Å². The first-order chi connectivity index (χ1) is 16.4. The van der Waals surface area contributed by atoms with E-state index in [9.17, 15) is 9.36 Å². The molecule has 1 aromatic carbocycles. The highest BCUT2D eigenvalue weighted by atomic mass is 31.1. The summed E-state index contributed by atoms with van der Waals surface area (Å²) in [6.07, 6.45) is 5.18. The molecule has 34 heavy (non-hydrogen) atoms. The number of fused-ring (bicyclic) bond motifs is 1. The number of ether oxygens (including phenoxy) is 2. The van der Waals surface area contributed by atoms with E-state index in [-0.39, 0.29) is 18.6 Å². The molecular weight excluding hydrogens is 459 g/mol. The van der Waals surface area contributed by atoms with Crippen molar-refractivity contribution in [3.63, 3.8) is 0 Å². The van der Waals surface area contributed by atoms with Crippen LogP contribution in [0.4, 0.5) is 5.82 Å². The van der Waals surface area contributed by atoms with E-state index in [4.69, 9.17) is 20.0 Å². The lowest BCUT2D eigenvalue weighted by molar-refractivity contribution is -0.163. The molecule has 2 N–H and O–H groups in total. The summed E-state index contributed by atoms with van der Waals surface area (Å²) in [7, 11) is -2.22. The number of nitrogens with zero attached hydrogens (tertiary/aromatic N) is 5. The molecule has 11 nitrogen and oxygen atoms in total. The first kappa shape index (κ1) is 24.0. The number of nitrogen functional groups attached to an aromatic ring is 1. The molecular formula is C22H28N6O5P+. The number of carbonyl (C=O) groups excluding carboxylic acids is 1. The molecule has 3 aromatic rings. The van der Waals surface area contributed by atoms with Crippen LogP contribution in [0.1, 0.15) is 33.1 Å². The van der Waals surface area contributed by atoms with Crippen LogP contribution in [0.15, 0.2) is 43.0 Å². The molecule has 1 aliphatic carbocycles. The highest BCUT2D eigenvalue weighted by molar-refractivity contribution is 7.41. The maximum Gasteiger partial charge on any atom is 0.499 e. The fraction of sp³-hybridized carbons (Fsp3) is 0.455. The van der Waals surface area contributed by atoms with Crippen LogP contribution in [0, 0.1) is 0 Å². The van der Waals surface area contributed by atoms with Crippen molar-refractivity contribution in [2.75, 3.05) is 12.1 Å². The Balaban J connectivity index is 1.39. The van der Waals surface area contributed by atoms with Crippen molar-refractivity contribution in [3.05, 3.63) is 43.0 Å². The maximum absolute atomic E-state index is 13.2. The number of para-hydroxylation sites is 1. The van der Waals surface area contributed by atoms with Gasteiger partial charge in [-0.15, -0.1) is 0 Å². The first-order valence-electron chi connectivity index (χ1n) is 11.1. The monoisotopic (exact) mass is 487 g/mol. The third-order valence-electron chi connectivity index (χ3n) is 5.52. The van der Waals surface area contributed by atoms with Crippen molar-refractivity contribution >= 4 is 30.9 Å². The van der Waals surface area contributed by atoms with E-state index in [1.165, 1.54) is 11.2 Å². The van der Waals surface area contributed by atoms with Crippen LogP contribution in [0.5, 0.6) is 5.75 Å². The molecule has 1 aliphatic rings. The number of anilines is 1. The van der Waals surface area contributed by atoms with Crippen LogP contribution in [-0.4, -0.2) is 54.9 Å². The van der Waals surface area contributed by atoms with Crippen molar-refractivity contribution in [2.24, 2.45) is 0 Å². The van der Waals surface area contributed by atoms with E-state index in [0.717, 1.165) is 19.3 Å². The predicted octanol–water partition coefficient (Wildman–Crippen LogP) is 3.29. The van der Waals surface area contributed by atoms with Crippen LogP contribution in [0.25, 0.3) is 11.2 Å². The smallest absolute Gasteiger partial charge is 0.461 e. The Bertz CT molecular complexity index is 1140. The number of aromatic nitrogens is 4. The third kappa shape index (κ3) is 5.67. The van der Waals surface area contributed by atoms with Gasteiger partial charge in [0, 0.05) is 0 Å². The van der Waals surface area contributed by atoms with Crippen LogP contribution >= 0.6 is 7.95 Å². The number of esters is 1. The number of carbonyl (C=O) groups is 1. The highest BCUT2D eigenvalue weighted by Crippen LogP contribution is 2.33. The first-order valence-corrected chi connectivity index (χ1v) is 12.5. The standard InChI is InChI=1S/C22H28N6O5P/c1-15(11-27-13-26-19-20(23)24-12-25-21(19)27)31-14-34(30)28(33-18-7-4-3-5-8-18)16(2)22(29)32-17-9-6-10-17/h3-5,7-8,12-13,15-17H,6,9-11,14H2,1-2H3,(H2,23,24,25)/q+1. The zero-order chi connectivity index (χ0) is 24.1. The topological polar surface area (TPSA) is 135 Å². The van der Waals surface area contributed by atoms with Crippen molar-refractivity contribution in [1.29, 1.82) is 0 Å². The molecule has 0 saturated heterocycles. The van der Waals surface area contributed by atoms with Crippen molar-refractivity contribution in [3.8, 4) is 5.75 Å². The van der Waals surface area contributed by atoms with E-state index in [0.29, 0.717) is 29.3 Å². The third-order valence-corrected chi connectivity index (χ3v) is 6.76. The highest BCUT2D eigenvalue weighted by Gasteiger charge is 2.42. The number of nitrogens with two attached hydrogens (primary N) is 1. The van der Waals surface area contributed by atoms with Crippen molar-refractivity contribution < 1.29 is 23.7 Å². The molecule has 4 rings (SSSR count). The average Bonchev–Trinajstić information content (AvgIpc) is 3.22. The van der Waals surface area contributed by atoms with Gasteiger partial charge in [-0.25, -0.2) is 15.0 Å². The Hall–Kier alpha value is -3.14. The molecule has 0 bridgehead atoms. The van der Waals surface area contributed by atoms with Gasteiger partial charge in [0.05, 0.1) is 23.8 Å². The molecule has 2 aromatic heterocycles. The lowest BCUT2D eigenvalue weighted by Gasteiger charge is -2.27. The number of benzene rings is 1. The Labute approximate surface area is 198 Å². The molecule has 2 heterocycles. The van der Waals surface area contributed by atoms with Crippen LogP contribution in [-0.2, 0) is 25.4 Å². The Kier molecular flexibility index (Phi) is 7.66. The van der Waals surface area contributed by atoms with Crippen LogP contribution < -0.4 is 10.6 Å². The normalized spacial score (nSPS) is 16.1. The quantitative estimate of drug-likeness (QED) is 0.244. The molecule has 3 atom stereocenters. The minimum Gasteiger partial charge on any atom is -0.461 e. The van der Waals surface area contributed by atoms with E-state index < -0.39 is 20.0 Å². The van der Waals surface area contributed by atoms with Gasteiger partial charge in [-0.3, -0.25) is 4.79 Å². The van der Waals surface area contributed by atoms with Gasteiger partial charge >= 0.3 is 13.9 Å². The molecule has 0 radical (unpaired) electrons. The van der Waals surface area contributed by atoms with Gasteiger partial charge in [-0.2, -0.15) is 0 Å². The van der Waals surface area contributed by atoms with Crippen LogP contribution in [0.3, 0.4) is 0 Å². The van der Waals surface area contributed by atoms with Crippen LogP contribution in [0.2, 0.25) is 0 Å². The second-order valence-electron chi connectivity index (χ2n) is 8.16. The van der Waals surface area contributed by atoms with Gasteiger partial charge in [-0.1, -0.05) is 18.2 Å². The average molecular weight is 487 g/mol. The number of hydrogen-bond donors (Lipinski definition) is 1. The van der Waals surface area contributed by atoms with Crippen molar-refractivity contribution in [2.45, 2.75) is 57.9 Å². The number of rotatable bonds is 11. The maximum atomic E-state index is 13.2. The van der Waals surface area contributed by atoms with Gasteiger partial charge < -0.3 is 24.6 Å². The largest absolute Gasteiger partial charge is 0.499 e. The molecule has 3 unspecified atom stereocenters. The SMILES string of the molecule is CC(Cn1cnc2c(N)ncnc21)OC[P+](=O)N(Oc1ccccc1)C(C)C(=O)OC1CCC1.